The number of amides is 1. The Labute approximate surface area is 119 Å². The van der Waals surface area contributed by atoms with Crippen LogP contribution in [-0.4, -0.2) is 52.6 Å². The van der Waals surface area contributed by atoms with Crippen molar-refractivity contribution in [1.29, 1.82) is 0 Å². The Balaban J connectivity index is 2.01. The number of hydrogen-bond acceptors (Lipinski definition) is 5. The highest BCUT2D eigenvalue weighted by molar-refractivity contribution is 5.92. The fraction of sp³-hybridized carbons (Fsp3) is 0.643. The molecule has 6 nitrogen and oxygen atoms in total. The van der Waals surface area contributed by atoms with Crippen LogP contribution in [-0.2, 0) is 4.74 Å². The van der Waals surface area contributed by atoms with Crippen LogP contribution >= 0.6 is 0 Å². The van der Waals surface area contributed by atoms with Crippen molar-refractivity contribution in [2.45, 2.75) is 39.4 Å². The van der Waals surface area contributed by atoms with Crippen LogP contribution in [0.3, 0.4) is 0 Å². The summed E-state index contributed by atoms with van der Waals surface area (Å²) in [6.07, 6.45) is 4.27. The summed E-state index contributed by atoms with van der Waals surface area (Å²) < 4.78 is 5.63. The number of carbonyl (C=O) groups is 1. The summed E-state index contributed by atoms with van der Waals surface area (Å²) in [4.78, 5) is 22.6. The standard InChI is InChI=1S/C14H22N4O2/c1-4-5-15-13-7-16-12(6-17-13)14(19)18-8-10(2)20-11(3)9-18/h6-7,10-11H,4-5,8-9H2,1-3H3,(H,15,17). The van der Waals surface area contributed by atoms with Gasteiger partial charge in [-0.2, -0.15) is 0 Å². The third-order valence-electron chi connectivity index (χ3n) is 3.13. The molecule has 2 rings (SSSR count). The summed E-state index contributed by atoms with van der Waals surface area (Å²) in [7, 11) is 0. The molecule has 0 spiro atoms. The molecular weight excluding hydrogens is 256 g/mol. The number of nitrogens with one attached hydrogen (secondary N) is 1. The Morgan fingerprint density at radius 2 is 2.05 bits per heavy atom. The first-order chi connectivity index (χ1) is 9.60. The number of morpholine rings is 1. The minimum atomic E-state index is -0.0819. The van der Waals surface area contributed by atoms with Crippen LogP contribution in [0, 0.1) is 0 Å². The molecule has 20 heavy (non-hydrogen) atoms. The Bertz CT molecular complexity index is 439. The van der Waals surface area contributed by atoms with Crippen molar-refractivity contribution in [3.8, 4) is 0 Å². The average Bonchev–Trinajstić information content (AvgIpc) is 2.44. The number of hydrogen-bond donors (Lipinski definition) is 1. The molecule has 1 aliphatic heterocycles. The number of anilines is 1. The smallest absolute Gasteiger partial charge is 0.274 e. The Kier molecular flexibility index (Phi) is 4.89. The van der Waals surface area contributed by atoms with E-state index in [2.05, 4.69) is 22.2 Å². The second kappa shape index (κ2) is 6.65. The van der Waals surface area contributed by atoms with Gasteiger partial charge < -0.3 is 15.0 Å². The Morgan fingerprint density at radius 1 is 1.35 bits per heavy atom. The lowest BCUT2D eigenvalue weighted by Crippen LogP contribution is -2.48. The van der Waals surface area contributed by atoms with Crippen LogP contribution < -0.4 is 5.32 Å². The number of ether oxygens (including phenoxy) is 1. The fourth-order valence-electron chi connectivity index (χ4n) is 2.29. The molecule has 0 saturated carbocycles. The zero-order valence-corrected chi connectivity index (χ0v) is 12.3. The van der Waals surface area contributed by atoms with Gasteiger partial charge in [0.1, 0.15) is 11.5 Å². The third-order valence-corrected chi connectivity index (χ3v) is 3.13. The number of carbonyl (C=O) groups excluding carboxylic acids is 1. The van der Waals surface area contributed by atoms with Crippen LogP contribution in [0.5, 0.6) is 0 Å². The van der Waals surface area contributed by atoms with Gasteiger partial charge in [-0.05, 0) is 20.3 Å². The molecule has 110 valence electrons. The zero-order chi connectivity index (χ0) is 14.5. The summed E-state index contributed by atoms with van der Waals surface area (Å²) in [6.45, 7) is 8.07. The van der Waals surface area contributed by atoms with Crippen LogP contribution in [0.25, 0.3) is 0 Å². The SMILES string of the molecule is CCCNc1cnc(C(=O)N2CC(C)OC(C)C2)cn1. The van der Waals surface area contributed by atoms with Crippen molar-refractivity contribution >= 4 is 11.7 Å². The summed E-state index contributed by atoms with van der Waals surface area (Å²) in [5.41, 5.74) is 0.383. The molecule has 2 unspecified atom stereocenters. The second-order valence-electron chi connectivity index (χ2n) is 5.18. The van der Waals surface area contributed by atoms with E-state index in [0.29, 0.717) is 24.6 Å². The minimum Gasteiger partial charge on any atom is -0.372 e. The molecule has 0 aromatic carbocycles. The molecule has 1 aromatic rings. The highest BCUT2D eigenvalue weighted by atomic mass is 16.5. The van der Waals surface area contributed by atoms with Crippen molar-refractivity contribution in [1.82, 2.24) is 14.9 Å². The van der Waals surface area contributed by atoms with Gasteiger partial charge in [-0.1, -0.05) is 6.92 Å². The molecule has 1 amide bonds. The Morgan fingerprint density at radius 3 is 2.60 bits per heavy atom. The second-order valence-corrected chi connectivity index (χ2v) is 5.18. The van der Waals surface area contributed by atoms with Gasteiger partial charge in [0, 0.05) is 19.6 Å². The van der Waals surface area contributed by atoms with E-state index < -0.39 is 0 Å². The van der Waals surface area contributed by atoms with Gasteiger partial charge in [0.05, 0.1) is 24.6 Å². The number of aromatic nitrogens is 2. The van der Waals surface area contributed by atoms with Crippen molar-refractivity contribution in [3.63, 3.8) is 0 Å². The maximum absolute atomic E-state index is 12.4. The highest BCUT2D eigenvalue weighted by Gasteiger charge is 2.27. The van der Waals surface area contributed by atoms with E-state index in [4.69, 9.17) is 4.74 Å². The lowest BCUT2D eigenvalue weighted by atomic mass is 10.2. The van der Waals surface area contributed by atoms with Gasteiger partial charge in [0.2, 0.25) is 0 Å². The minimum absolute atomic E-state index is 0.0566. The lowest BCUT2D eigenvalue weighted by molar-refractivity contribution is -0.0587. The van der Waals surface area contributed by atoms with E-state index in [0.717, 1.165) is 13.0 Å². The van der Waals surface area contributed by atoms with Crippen molar-refractivity contribution in [2.24, 2.45) is 0 Å². The largest absolute Gasteiger partial charge is 0.372 e. The zero-order valence-electron chi connectivity index (χ0n) is 12.3. The molecule has 1 N–H and O–H groups in total. The quantitative estimate of drug-likeness (QED) is 0.905. The molecule has 1 fully saturated rings. The molecule has 1 aliphatic rings. The normalized spacial score (nSPS) is 22.6. The molecule has 0 aliphatic carbocycles. The first-order valence-corrected chi connectivity index (χ1v) is 7.10. The number of nitrogens with zero attached hydrogens (tertiary/aromatic N) is 3. The molecule has 0 bridgehead atoms. The molecule has 1 saturated heterocycles. The molecule has 2 heterocycles. The molecule has 0 radical (unpaired) electrons. The molecule has 1 aromatic heterocycles. The predicted octanol–water partition coefficient (Wildman–Crippen LogP) is 1.55. The van der Waals surface area contributed by atoms with Crippen LogP contribution in [0.15, 0.2) is 12.4 Å². The van der Waals surface area contributed by atoms with Crippen LogP contribution in [0.2, 0.25) is 0 Å². The van der Waals surface area contributed by atoms with Crippen LogP contribution in [0.4, 0.5) is 5.82 Å². The molecule has 2 atom stereocenters. The summed E-state index contributed by atoms with van der Waals surface area (Å²) in [6, 6.07) is 0. The average molecular weight is 278 g/mol. The van der Waals surface area contributed by atoms with Gasteiger partial charge in [-0.3, -0.25) is 4.79 Å². The topological polar surface area (TPSA) is 67.4 Å². The van der Waals surface area contributed by atoms with E-state index in [-0.39, 0.29) is 18.1 Å². The van der Waals surface area contributed by atoms with Gasteiger partial charge >= 0.3 is 0 Å². The fourth-order valence-corrected chi connectivity index (χ4v) is 2.29. The first-order valence-electron chi connectivity index (χ1n) is 7.10. The monoisotopic (exact) mass is 278 g/mol. The first kappa shape index (κ1) is 14.7. The third kappa shape index (κ3) is 3.66. The molecular formula is C14H22N4O2. The van der Waals surface area contributed by atoms with E-state index in [1.165, 1.54) is 6.20 Å². The van der Waals surface area contributed by atoms with Gasteiger partial charge in [0.15, 0.2) is 0 Å². The van der Waals surface area contributed by atoms with Crippen molar-refractivity contribution < 1.29 is 9.53 Å². The maximum Gasteiger partial charge on any atom is 0.274 e. The predicted molar refractivity (Wildman–Crippen MR) is 76.7 cm³/mol. The van der Waals surface area contributed by atoms with E-state index in [9.17, 15) is 4.79 Å². The van der Waals surface area contributed by atoms with Gasteiger partial charge in [0.25, 0.3) is 5.91 Å². The van der Waals surface area contributed by atoms with Gasteiger partial charge in [-0.15, -0.1) is 0 Å². The maximum atomic E-state index is 12.4. The summed E-state index contributed by atoms with van der Waals surface area (Å²) in [5.74, 6) is 0.619. The molecule has 6 heteroatoms. The van der Waals surface area contributed by atoms with Crippen LogP contribution in [0.1, 0.15) is 37.7 Å². The van der Waals surface area contributed by atoms with Gasteiger partial charge in [-0.25, -0.2) is 9.97 Å². The summed E-state index contributed by atoms with van der Waals surface area (Å²) in [5, 5.41) is 3.14. The van der Waals surface area contributed by atoms with E-state index in [1.54, 1.807) is 11.1 Å². The lowest BCUT2D eigenvalue weighted by Gasteiger charge is -2.35. The van der Waals surface area contributed by atoms with Crippen molar-refractivity contribution in [3.05, 3.63) is 18.1 Å². The van der Waals surface area contributed by atoms with E-state index >= 15 is 0 Å². The summed E-state index contributed by atoms with van der Waals surface area (Å²) >= 11 is 0. The highest BCUT2D eigenvalue weighted by Crippen LogP contribution is 2.13. The number of rotatable bonds is 4. The van der Waals surface area contributed by atoms with Crippen molar-refractivity contribution in [2.75, 3.05) is 25.0 Å². The Hall–Kier alpha value is -1.69. The van der Waals surface area contributed by atoms with E-state index in [1.807, 2.05) is 13.8 Å².